The van der Waals surface area contributed by atoms with Crippen molar-refractivity contribution in [2.75, 3.05) is 0 Å². The molecule has 2 aliphatic carbocycles. The van der Waals surface area contributed by atoms with Gasteiger partial charge in [0, 0.05) is 0 Å². The van der Waals surface area contributed by atoms with E-state index in [1.54, 1.807) is 0 Å². The van der Waals surface area contributed by atoms with Crippen molar-refractivity contribution in [3.05, 3.63) is 106 Å². The second-order valence-electron chi connectivity index (χ2n) is 11.0. The molecule has 187 valence electrons. The Bertz CT molecular complexity index is 1340. The fourth-order valence-electron chi connectivity index (χ4n) is 6.49. The molecule has 36 heavy (non-hydrogen) atoms. The number of allylic oxidation sites excluding steroid dienone is 2. The van der Waals surface area contributed by atoms with Gasteiger partial charge in [0.25, 0.3) is 0 Å². The van der Waals surface area contributed by atoms with E-state index >= 15 is 0 Å². The molecule has 5 rings (SSSR count). The molecule has 0 fully saturated rings. The first-order valence-corrected chi connectivity index (χ1v) is 29.9. The Morgan fingerprint density at radius 1 is 0.861 bits per heavy atom. The Morgan fingerprint density at radius 3 is 2.28 bits per heavy atom. The third kappa shape index (κ3) is 4.21. The van der Waals surface area contributed by atoms with E-state index in [1.807, 2.05) is 0 Å². The third-order valence-corrected chi connectivity index (χ3v) is 60.7. The minimum absolute atomic E-state index is 0.172. The number of hydrogen-bond acceptors (Lipinski definition) is 0. The van der Waals surface area contributed by atoms with Crippen LogP contribution in [-0.2, 0) is 22.0 Å². The molecule has 0 spiro atoms. The summed E-state index contributed by atoms with van der Waals surface area (Å²) in [7, 11) is 16.5. The summed E-state index contributed by atoms with van der Waals surface area (Å²) in [5.41, 5.74) is 10.8. The number of rotatable bonds is 8. The zero-order chi connectivity index (χ0) is 25.5. The molecule has 0 amide bonds. The first kappa shape index (κ1) is 26.4. The summed E-state index contributed by atoms with van der Waals surface area (Å²) in [6.07, 6.45) is 11.6. The molecule has 0 bridgehead atoms. The first-order valence-electron chi connectivity index (χ1n) is 13.6. The normalized spacial score (nSPS) is 19.6. The Balaban J connectivity index is 1.71. The summed E-state index contributed by atoms with van der Waals surface area (Å²) in [5.74, 6) is -1.46. The summed E-state index contributed by atoms with van der Waals surface area (Å²) in [4.78, 5) is 0. The van der Waals surface area contributed by atoms with Crippen molar-refractivity contribution in [2.24, 2.45) is 0 Å². The van der Waals surface area contributed by atoms with Crippen LogP contribution in [0.4, 0.5) is 0 Å². The van der Waals surface area contributed by atoms with Crippen LogP contribution in [0.2, 0.25) is 13.1 Å². The van der Waals surface area contributed by atoms with E-state index in [0.29, 0.717) is 0 Å². The Kier molecular flexibility index (Phi) is 7.47. The van der Waals surface area contributed by atoms with Crippen LogP contribution >= 0.6 is 17.0 Å². The van der Waals surface area contributed by atoms with Crippen LogP contribution in [0.3, 0.4) is 0 Å². The average Bonchev–Trinajstić information content (AvgIpc) is 3.50. The number of hydrogen-bond donors (Lipinski definition) is 0. The van der Waals surface area contributed by atoms with Crippen LogP contribution in [-0.4, -0.2) is 5.92 Å². The minimum atomic E-state index is -4.50. The molecule has 0 radical (unpaired) electrons. The Hall–Kier alpha value is -1.18. The predicted molar refractivity (Wildman–Crippen MR) is 160 cm³/mol. The molecule has 4 heteroatoms. The Morgan fingerprint density at radius 2 is 1.58 bits per heavy atom. The average molecular weight is 612 g/mol. The van der Waals surface area contributed by atoms with E-state index in [9.17, 15) is 0 Å². The van der Waals surface area contributed by atoms with E-state index in [-0.39, 0.29) is 7.25 Å². The van der Waals surface area contributed by atoms with E-state index < -0.39 is 21.5 Å². The second-order valence-corrected chi connectivity index (χ2v) is 53.6. The number of benzene rings is 3. The maximum absolute atomic E-state index is 8.25. The Labute approximate surface area is 226 Å². The van der Waals surface area contributed by atoms with Crippen molar-refractivity contribution in [1.82, 2.24) is 0 Å². The van der Waals surface area contributed by atoms with Crippen molar-refractivity contribution < 1.29 is 15.6 Å². The zero-order valence-electron chi connectivity index (χ0n) is 21.9. The standard InChI is InChI=1S/C21H23.C9H7.C2H7Si.2ClH.Zr/c1-3-5-7-17-14-19-8-6-9-20(21(19)15-17)18-12-10-16(4-2)11-13-18;1-2-5-9-7-3-6-8(9)4-1;1-3-2;;;/h6,8-15H,3-5,7H2,1-2H3;1-7H;3H,1-2H3;2*1H;/q;;;;;+2/p-2. The van der Waals surface area contributed by atoms with Crippen LogP contribution in [0.25, 0.3) is 23.3 Å². The summed E-state index contributed by atoms with van der Waals surface area (Å²) < 4.78 is 0.352. The third-order valence-electron chi connectivity index (χ3n) is 8.69. The van der Waals surface area contributed by atoms with Gasteiger partial charge in [-0.3, -0.25) is 0 Å². The van der Waals surface area contributed by atoms with Crippen molar-refractivity contribution in [3.8, 4) is 11.1 Å². The van der Waals surface area contributed by atoms with Crippen molar-refractivity contribution >= 4 is 35.1 Å². The van der Waals surface area contributed by atoms with Gasteiger partial charge < -0.3 is 0 Å². The van der Waals surface area contributed by atoms with Crippen LogP contribution in [0.1, 0.15) is 68.2 Å². The zero-order valence-corrected chi connectivity index (χ0v) is 27.0. The van der Waals surface area contributed by atoms with Crippen LogP contribution in [0.5, 0.6) is 0 Å². The topological polar surface area (TPSA) is 0 Å². The number of aryl methyl sites for hydroxylation is 1. The van der Waals surface area contributed by atoms with Gasteiger partial charge in [-0.1, -0.05) is 0 Å². The van der Waals surface area contributed by atoms with Gasteiger partial charge >= 0.3 is 228 Å². The number of fused-ring (bicyclic) bond motifs is 2. The second kappa shape index (κ2) is 10.2. The van der Waals surface area contributed by atoms with E-state index in [1.165, 1.54) is 57.4 Å². The van der Waals surface area contributed by atoms with E-state index in [2.05, 4.69) is 112 Å². The molecule has 0 heterocycles. The molecule has 2 unspecified atom stereocenters. The van der Waals surface area contributed by atoms with Crippen LogP contribution < -0.4 is 0 Å². The number of halogens is 2. The molecule has 3 aromatic rings. The molecule has 0 N–H and O–H groups in total. The number of unbranched alkanes of at least 4 members (excludes halogenated alkanes) is 1. The molecule has 2 aliphatic rings. The molecule has 2 atom stereocenters. The van der Waals surface area contributed by atoms with Gasteiger partial charge in [0.15, 0.2) is 0 Å². The summed E-state index contributed by atoms with van der Waals surface area (Å²) in [6, 6.07) is 24.7. The van der Waals surface area contributed by atoms with Gasteiger partial charge in [-0.15, -0.1) is 0 Å². The molecule has 0 aromatic heterocycles. The first-order chi connectivity index (χ1) is 17.3. The van der Waals surface area contributed by atoms with Crippen LogP contribution in [0.15, 0.2) is 78.4 Å². The van der Waals surface area contributed by atoms with Crippen LogP contribution in [0, 0.1) is 0 Å². The SMILES string of the molecule is CCCCC1=Cc2c(-c3ccc(CC)cc3)cccc2[CH]1[Zr]([Cl])([Cl])([CH]1C=Cc2ccccc21)[SiH](C)C. The van der Waals surface area contributed by atoms with Gasteiger partial charge in [0.2, 0.25) is 0 Å². The summed E-state index contributed by atoms with van der Waals surface area (Å²) >= 11 is -4.50. The fourth-order valence-corrected chi connectivity index (χ4v) is 35.9. The van der Waals surface area contributed by atoms with E-state index in [0.717, 1.165) is 12.8 Å². The molecular formula is C32H37Cl2SiZr. The summed E-state index contributed by atoms with van der Waals surface area (Å²) in [5, 5.41) is 0. The molecule has 0 saturated carbocycles. The molecule has 0 saturated heterocycles. The van der Waals surface area contributed by atoms with Crippen molar-refractivity contribution in [3.63, 3.8) is 0 Å². The predicted octanol–water partition coefficient (Wildman–Crippen LogP) is 10.3. The fraction of sp³-hybridized carbons (Fsp3) is 0.312. The van der Waals surface area contributed by atoms with Crippen molar-refractivity contribution in [1.29, 1.82) is 0 Å². The monoisotopic (exact) mass is 609 g/mol. The molecule has 0 nitrogen and oxygen atoms in total. The van der Waals surface area contributed by atoms with Gasteiger partial charge in [0.1, 0.15) is 0 Å². The molecule has 3 aromatic carbocycles. The van der Waals surface area contributed by atoms with Gasteiger partial charge in [0.05, 0.1) is 0 Å². The van der Waals surface area contributed by atoms with E-state index in [4.69, 9.17) is 17.0 Å². The quantitative estimate of drug-likeness (QED) is 0.222. The van der Waals surface area contributed by atoms with Gasteiger partial charge in [-0.05, 0) is 0 Å². The van der Waals surface area contributed by atoms with Gasteiger partial charge in [-0.2, -0.15) is 0 Å². The molecular weight excluding hydrogens is 575 g/mol. The van der Waals surface area contributed by atoms with Gasteiger partial charge in [-0.25, -0.2) is 0 Å². The molecule has 0 aliphatic heterocycles. The maximum atomic E-state index is 8.25. The van der Waals surface area contributed by atoms with Crippen molar-refractivity contribution in [2.45, 2.75) is 59.9 Å². The summed E-state index contributed by atoms with van der Waals surface area (Å²) in [6.45, 7) is 9.33.